The molecule has 0 saturated carbocycles. The summed E-state index contributed by atoms with van der Waals surface area (Å²) in [6, 6.07) is 3.79. The van der Waals surface area contributed by atoms with E-state index in [0.29, 0.717) is 0 Å². The lowest BCUT2D eigenvalue weighted by atomic mass is 10.2. The summed E-state index contributed by atoms with van der Waals surface area (Å²) in [6.45, 7) is 0. The standard InChI is InChI=1S/C10H6N2O/c1-3-12-6-10-7(1)8-5-11-4-2-9(8)13-10/h1-6H. The van der Waals surface area contributed by atoms with E-state index in [0.717, 1.165) is 21.9 Å². The maximum Gasteiger partial charge on any atom is 0.153 e. The van der Waals surface area contributed by atoms with E-state index < -0.39 is 0 Å². The lowest BCUT2D eigenvalue weighted by Gasteiger charge is -1.84. The SMILES string of the molecule is c1cc2c(cn1)oc1ccncc12. The van der Waals surface area contributed by atoms with Gasteiger partial charge in [0.05, 0.1) is 6.20 Å². The highest BCUT2D eigenvalue weighted by molar-refractivity contribution is 6.03. The molecule has 0 aliphatic rings. The predicted molar refractivity (Wildman–Crippen MR) is 49.3 cm³/mol. The van der Waals surface area contributed by atoms with Crippen molar-refractivity contribution in [3.05, 3.63) is 36.9 Å². The number of nitrogens with zero attached hydrogens (tertiary/aromatic N) is 2. The summed E-state index contributed by atoms with van der Waals surface area (Å²) in [4.78, 5) is 8.05. The van der Waals surface area contributed by atoms with Crippen LogP contribution in [0.3, 0.4) is 0 Å². The fraction of sp³-hybridized carbons (Fsp3) is 0. The molecule has 0 N–H and O–H groups in total. The van der Waals surface area contributed by atoms with Crippen LogP contribution in [0.4, 0.5) is 0 Å². The van der Waals surface area contributed by atoms with Gasteiger partial charge in [-0.15, -0.1) is 0 Å². The molecule has 13 heavy (non-hydrogen) atoms. The van der Waals surface area contributed by atoms with Crippen molar-refractivity contribution in [2.45, 2.75) is 0 Å². The quantitative estimate of drug-likeness (QED) is 0.520. The topological polar surface area (TPSA) is 38.9 Å². The van der Waals surface area contributed by atoms with Crippen molar-refractivity contribution < 1.29 is 4.42 Å². The summed E-state index contributed by atoms with van der Waals surface area (Å²) < 4.78 is 5.55. The molecule has 0 aliphatic heterocycles. The van der Waals surface area contributed by atoms with Gasteiger partial charge < -0.3 is 4.42 Å². The first kappa shape index (κ1) is 6.60. The highest BCUT2D eigenvalue weighted by atomic mass is 16.3. The average Bonchev–Trinajstić information content (AvgIpc) is 2.56. The number of hydrogen-bond donors (Lipinski definition) is 0. The Hall–Kier alpha value is -1.90. The van der Waals surface area contributed by atoms with Crippen LogP contribution in [0.2, 0.25) is 0 Å². The molecule has 0 atom stereocenters. The van der Waals surface area contributed by atoms with Crippen molar-refractivity contribution in [3.8, 4) is 0 Å². The summed E-state index contributed by atoms with van der Waals surface area (Å²) in [6.07, 6.45) is 7.00. The van der Waals surface area contributed by atoms with E-state index in [1.165, 1.54) is 0 Å². The maximum atomic E-state index is 5.55. The van der Waals surface area contributed by atoms with Crippen LogP contribution >= 0.6 is 0 Å². The lowest BCUT2D eigenvalue weighted by molar-refractivity contribution is 0.666. The fourth-order valence-electron chi connectivity index (χ4n) is 1.48. The van der Waals surface area contributed by atoms with Gasteiger partial charge in [-0.25, -0.2) is 0 Å². The smallest absolute Gasteiger partial charge is 0.153 e. The van der Waals surface area contributed by atoms with Crippen molar-refractivity contribution >= 4 is 21.9 Å². The lowest BCUT2D eigenvalue weighted by Crippen LogP contribution is -1.69. The Kier molecular flexibility index (Phi) is 1.16. The van der Waals surface area contributed by atoms with Crippen molar-refractivity contribution in [2.75, 3.05) is 0 Å². The van der Waals surface area contributed by atoms with Gasteiger partial charge in [0.15, 0.2) is 5.58 Å². The van der Waals surface area contributed by atoms with Crippen LogP contribution in [0.25, 0.3) is 21.9 Å². The number of hydrogen-bond acceptors (Lipinski definition) is 3. The second-order valence-corrected chi connectivity index (χ2v) is 2.85. The van der Waals surface area contributed by atoms with E-state index in [4.69, 9.17) is 4.42 Å². The second kappa shape index (κ2) is 2.29. The Morgan fingerprint density at radius 3 is 2.69 bits per heavy atom. The summed E-state index contributed by atoms with van der Waals surface area (Å²) in [5.41, 5.74) is 1.67. The summed E-state index contributed by atoms with van der Waals surface area (Å²) in [5.74, 6) is 0. The van der Waals surface area contributed by atoms with Gasteiger partial charge in [0, 0.05) is 29.4 Å². The zero-order valence-electron chi connectivity index (χ0n) is 6.77. The van der Waals surface area contributed by atoms with Gasteiger partial charge in [0.1, 0.15) is 5.58 Å². The van der Waals surface area contributed by atoms with Gasteiger partial charge in [-0.1, -0.05) is 0 Å². The van der Waals surface area contributed by atoms with E-state index in [9.17, 15) is 0 Å². The van der Waals surface area contributed by atoms with E-state index in [1.54, 1.807) is 24.8 Å². The predicted octanol–water partition coefficient (Wildman–Crippen LogP) is 2.38. The van der Waals surface area contributed by atoms with Gasteiger partial charge in [-0.05, 0) is 12.1 Å². The molecule has 0 fully saturated rings. The number of pyridine rings is 2. The molecular weight excluding hydrogens is 164 g/mol. The molecule has 0 unspecified atom stereocenters. The van der Waals surface area contributed by atoms with E-state index in [-0.39, 0.29) is 0 Å². The molecule has 0 spiro atoms. The molecule has 0 aliphatic carbocycles. The van der Waals surface area contributed by atoms with E-state index >= 15 is 0 Å². The normalized spacial score (nSPS) is 11.1. The molecule has 0 radical (unpaired) electrons. The molecule has 0 bridgehead atoms. The minimum absolute atomic E-state index is 0.811. The second-order valence-electron chi connectivity index (χ2n) is 2.85. The molecule has 3 heterocycles. The van der Waals surface area contributed by atoms with Crippen LogP contribution in [0.15, 0.2) is 41.3 Å². The van der Waals surface area contributed by atoms with Crippen LogP contribution in [0, 0.1) is 0 Å². The van der Waals surface area contributed by atoms with Crippen LogP contribution in [-0.2, 0) is 0 Å². The number of aromatic nitrogens is 2. The van der Waals surface area contributed by atoms with Gasteiger partial charge in [-0.2, -0.15) is 0 Å². The van der Waals surface area contributed by atoms with Gasteiger partial charge in [0.2, 0.25) is 0 Å². The van der Waals surface area contributed by atoms with Crippen LogP contribution < -0.4 is 0 Å². The van der Waals surface area contributed by atoms with Crippen LogP contribution in [0.1, 0.15) is 0 Å². The maximum absolute atomic E-state index is 5.55. The minimum atomic E-state index is 0.811. The molecule has 3 heteroatoms. The van der Waals surface area contributed by atoms with Crippen molar-refractivity contribution in [2.24, 2.45) is 0 Å². The van der Waals surface area contributed by atoms with Crippen LogP contribution in [0.5, 0.6) is 0 Å². The first-order chi connectivity index (χ1) is 6.45. The Morgan fingerprint density at radius 2 is 1.69 bits per heavy atom. The Morgan fingerprint density at radius 1 is 0.846 bits per heavy atom. The number of fused-ring (bicyclic) bond motifs is 3. The molecule has 3 aromatic rings. The molecule has 62 valence electrons. The first-order valence-electron chi connectivity index (χ1n) is 4.01. The first-order valence-corrected chi connectivity index (χ1v) is 4.01. The van der Waals surface area contributed by atoms with Gasteiger partial charge in [0.25, 0.3) is 0 Å². The van der Waals surface area contributed by atoms with Gasteiger partial charge >= 0.3 is 0 Å². The molecular formula is C10H6N2O. The number of rotatable bonds is 0. The minimum Gasteiger partial charge on any atom is -0.454 e. The molecule has 0 saturated heterocycles. The molecule has 3 rings (SSSR count). The molecule has 0 amide bonds. The van der Waals surface area contributed by atoms with Crippen LogP contribution in [-0.4, -0.2) is 9.97 Å². The zero-order valence-corrected chi connectivity index (χ0v) is 6.77. The summed E-state index contributed by atoms with van der Waals surface area (Å²) in [5, 5.41) is 2.11. The van der Waals surface area contributed by atoms with Crippen molar-refractivity contribution in [3.63, 3.8) is 0 Å². The van der Waals surface area contributed by atoms with E-state index in [2.05, 4.69) is 9.97 Å². The Balaban J connectivity index is 2.64. The van der Waals surface area contributed by atoms with Crippen molar-refractivity contribution in [1.82, 2.24) is 9.97 Å². The Bertz CT molecular complexity index is 521. The largest absolute Gasteiger partial charge is 0.454 e. The third-order valence-corrected chi connectivity index (χ3v) is 2.08. The van der Waals surface area contributed by atoms with Gasteiger partial charge in [-0.3, -0.25) is 9.97 Å². The summed E-state index contributed by atoms with van der Waals surface area (Å²) >= 11 is 0. The average molecular weight is 170 g/mol. The third kappa shape index (κ3) is 0.839. The molecule has 3 aromatic heterocycles. The fourth-order valence-corrected chi connectivity index (χ4v) is 1.48. The molecule has 0 aromatic carbocycles. The monoisotopic (exact) mass is 170 g/mol. The van der Waals surface area contributed by atoms with Crippen molar-refractivity contribution in [1.29, 1.82) is 0 Å². The summed E-state index contributed by atoms with van der Waals surface area (Å²) in [7, 11) is 0. The third-order valence-electron chi connectivity index (χ3n) is 2.08. The highest BCUT2D eigenvalue weighted by Crippen LogP contribution is 2.26. The number of furan rings is 1. The highest BCUT2D eigenvalue weighted by Gasteiger charge is 2.04. The van der Waals surface area contributed by atoms with E-state index in [1.807, 2.05) is 12.1 Å². The zero-order chi connectivity index (χ0) is 8.67. The Labute approximate surface area is 74.0 Å². The molecule has 3 nitrogen and oxygen atoms in total.